The largest absolute Gasteiger partial charge is 0.346 e. The summed E-state index contributed by atoms with van der Waals surface area (Å²) in [6.07, 6.45) is 4.64. The second-order valence-electron chi connectivity index (χ2n) is 9.36. The van der Waals surface area contributed by atoms with Crippen LogP contribution in [0.1, 0.15) is 53.9 Å². The molecule has 0 spiro atoms. The predicted molar refractivity (Wildman–Crippen MR) is 143 cm³/mol. The number of benzene rings is 2. The second-order valence-corrected chi connectivity index (χ2v) is 10.4. The maximum atomic E-state index is 13.4. The molecular weight excluding hydrogens is 472 g/mol. The van der Waals surface area contributed by atoms with E-state index in [0.717, 1.165) is 35.0 Å². The number of fused-ring (bicyclic) bond motifs is 1. The first-order valence-electron chi connectivity index (χ1n) is 12.8. The Morgan fingerprint density at radius 3 is 2.64 bits per heavy atom. The van der Waals surface area contributed by atoms with Crippen LogP contribution in [0.3, 0.4) is 0 Å². The smallest absolute Gasteiger partial charge is 0.225 e. The standard InChI is InChI=1S/C28H34N4O3S/c29-17-7-6-13-23(26(34)28-31-22-12-4-5-14-24(22)36-28)30-27(35)21-11-8-18-32(19-21)25(33)16-15-20-9-2-1-3-10-20/h1-5,9-10,12,14,21,23H,6-8,11,13,15-19,29H2,(H,30,35)/t21-,23+/m1/s1. The molecule has 2 amide bonds. The summed E-state index contributed by atoms with van der Waals surface area (Å²) in [6, 6.07) is 16.9. The third-order valence-corrected chi connectivity index (χ3v) is 7.75. The summed E-state index contributed by atoms with van der Waals surface area (Å²) in [5.41, 5.74) is 7.57. The lowest BCUT2D eigenvalue weighted by Crippen LogP contribution is -2.49. The molecule has 3 N–H and O–H groups in total. The van der Waals surface area contributed by atoms with E-state index >= 15 is 0 Å². The third kappa shape index (κ3) is 6.77. The molecule has 190 valence electrons. The number of carbonyl (C=O) groups is 3. The number of para-hydroxylation sites is 1. The van der Waals surface area contributed by atoms with Crippen LogP contribution in [-0.4, -0.2) is 53.2 Å². The van der Waals surface area contributed by atoms with Crippen molar-refractivity contribution in [3.8, 4) is 0 Å². The average molecular weight is 507 g/mol. The van der Waals surface area contributed by atoms with Crippen LogP contribution < -0.4 is 11.1 Å². The van der Waals surface area contributed by atoms with Crippen LogP contribution in [0.2, 0.25) is 0 Å². The lowest BCUT2D eigenvalue weighted by molar-refractivity contribution is -0.135. The molecule has 3 aromatic rings. The second kappa shape index (κ2) is 12.7. The Labute approximate surface area is 216 Å². The van der Waals surface area contributed by atoms with E-state index in [0.29, 0.717) is 50.3 Å². The summed E-state index contributed by atoms with van der Waals surface area (Å²) < 4.78 is 0.949. The maximum absolute atomic E-state index is 13.4. The quantitative estimate of drug-likeness (QED) is 0.302. The Balaban J connectivity index is 1.38. The van der Waals surface area contributed by atoms with Crippen molar-refractivity contribution >= 4 is 39.2 Å². The summed E-state index contributed by atoms with van der Waals surface area (Å²) in [5, 5.41) is 3.42. The summed E-state index contributed by atoms with van der Waals surface area (Å²) in [6.45, 7) is 1.60. The van der Waals surface area contributed by atoms with Crippen LogP contribution in [0, 0.1) is 5.92 Å². The van der Waals surface area contributed by atoms with Gasteiger partial charge in [-0.3, -0.25) is 14.4 Å². The molecule has 2 heterocycles. The van der Waals surface area contributed by atoms with E-state index in [2.05, 4.69) is 10.3 Å². The van der Waals surface area contributed by atoms with Crippen molar-refractivity contribution in [2.24, 2.45) is 11.7 Å². The van der Waals surface area contributed by atoms with E-state index in [1.807, 2.05) is 54.6 Å². The number of nitrogens with one attached hydrogen (secondary N) is 1. The van der Waals surface area contributed by atoms with Gasteiger partial charge in [0.2, 0.25) is 17.6 Å². The van der Waals surface area contributed by atoms with Crippen molar-refractivity contribution < 1.29 is 14.4 Å². The molecule has 0 bridgehead atoms. The van der Waals surface area contributed by atoms with Gasteiger partial charge in [0.25, 0.3) is 0 Å². The normalized spacial score (nSPS) is 16.6. The lowest BCUT2D eigenvalue weighted by Gasteiger charge is -2.33. The number of thiazole rings is 1. The van der Waals surface area contributed by atoms with Crippen LogP contribution in [0.4, 0.5) is 0 Å². The van der Waals surface area contributed by atoms with Gasteiger partial charge in [0.15, 0.2) is 5.01 Å². The SMILES string of the molecule is NCCCC[C@H](NC(=O)[C@@H]1CCCN(C(=O)CCc2ccccc2)C1)C(=O)c1nc2ccccc2s1. The van der Waals surface area contributed by atoms with E-state index in [1.165, 1.54) is 11.3 Å². The summed E-state index contributed by atoms with van der Waals surface area (Å²) in [5.74, 6) is -0.572. The zero-order chi connectivity index (χ0) is 25.3. The first-order chi connectivity index (χ1) is 17.5. The number of aromatic nitrogens is 1. The van der Waals surface area contributed by atoms with Crippen LogP contribution in [-0.2, 0) is 16.0 Å². The van der Waals surface area contributed by atoms with Gasteiger partial charge in [-0.2, -0.15) is 0 Å². The van der Waals surface area contributed by atoms with Crippen molar-refractivity contribution in [2.45, 2.75) is 51.0 Å². The van der Waals surface area contributed by atoms with Crippen molar-refractivity contribution in [1.29, 1.82) is 0 Å². The number of aryl methyl sites for hydroxylation is 1. The molecule has 0 saturated carbocycles. The number of unbranched alkanes of at least 4 members (excludes halogenated alkanes) is 1. The van der Waals surface area contributed by atoms with Crippen LogP contribution in [0.25, 0.3) is 10.2 Å². The van der Waals surface area contributed by atoms with Crippen molar-refractivity contribution in [1.82, 2.24) is 15.2 Å². The molecule has 1 aliphatic heterocycles. The highest BCUT2D eigenvalue weighted by atomic mass is 32.1. The molecule has 36 heavy (non-hydrogen) atoms. The number of likely N-dealkylation sites (tertiary alicyclic amines) is 1. The fraction of sp³-hybridized carbons (Fsp3) is 0.429. The number of hydrogen-bond acceptors (Lipinski definition) is 6. The maximum Gasteiger partial charge on any atom is 0.225 e. The molecular formula is C28H34N4O3S. The van der Waals surface area contributed by atoms with E-state index < -0.39 is 6.04 Å². The van der Waals surface area contributed by atoms with Gasteiger partial charge >= 0.3 is 0 Å². The molecule has 1 fully saturated rings. The molecule has 7 nitrogen and oxygen atoms in total. The van der Waals surface area contributed by atoms with Crippen LogP contribution in [0.5, 0.6) is 0 Å². The van der Waals surface area contributed by atoms with Crippen molar-refractivity contribution in [2.75, 3.05) is 19.6 Å². The highest BCUT2D eigenvalue weighted by Gasteiger charge is 2.31. The molecule has 8 heteroatoms. The van der Waals surface area contributed by atoms with Gasteiger partial charge in [-0.1, -0.05) is 42.5 Å². The number of carbonyl (C=O) groups excluding carboxylic acids is 3. The monoisotopic (exact) mass is 506 g/mol. The Morgan fingerprint density at radius 1 is 1.08 bits per heavy atom. The zero-order valence-electron chi connectivity index (χ0n) is 20.5. The molecule has 2 aromatic carbocycles. The number of piperidine rings is 1. The van der Waals surface area contributed by atoms with Gasteiger partial charge in [0.05, 0.1) is 22.2 Å². The highest BCUT2D eigenvalue weighted by molar-refractivity contribution is 7.20. The molecule has 1 aromatic heterocycles. The minimum Gasteiger partial charge on any atom is -0.346 e. The van der Waals surface area contributed by atoms with Gasteiger partial charge in [0.1, 0.15) is 0 Å². The van der Waals surface area contributed by atoms with E-state index in [9.17, 15) is 14.4 Å². The topological polar surface area (TPSA) is 105 Å². The summed E-state index contributed by atoms with van der Waals surface area (Å²) in [4.78, 5) is 45.7. The van der Waals surface area contributed by atoms with Gasteiger partial charge in [-0.05, 0) is 62.8 Å². The summed E-state index contributed by atoms with van der Waals surface area (Å²) in [7, 11) is 0. The Bertz CT molecular complexity index is 1150. The van der Waals surface area contributed by atoms with E-state index in [4.69, 9.17) is 5.73 Å². The number of amides is 2. The lowest BCUT2D eigenvalue weighted by atomic mass is 9.95. The first kappa shape index (κ1) is 26.0. The van der Waals surface area contributed by atoms with Crippen molar-refractivity contribution in [3.05, 3.63) is 65.2 Å². The number of rotatable bonds is 11. The Kier molecular flexibility index (Phi) is 9.19. The number of nitrogens with two attached hydrogens (primary N) is 1. The van der Waals surface area contributed by atoms with Crippen molar-refractivity contribution in [3.63, 3.8) is 0 Å². The highest BCUT2D eigenvalue weighted by Crippen LogP contribution is 2.24. The molecule has 0 aliphatic carbocycles. The van der Waals surface area contributed by atoms with Gasteiger partial charge < -0.3 is 16.0 Å². The molecule has 1 saturated heterocycles. The van der Waals surface area contributed by atoms with Gasteiger partial charge in [-0.15, -0.1) is 11.3 Å². The summed E-state index contributed by atoms with van der Waals surface area (Å²) >= 11 is 1.35. The predicted octanol–water partition coefficient (Wildman–Crippen LogP) is 3.96. The number of nitrogens with zero attached hydrogens (tertiary/aromatic N) is 2. The molecule has 0 radical (unpaired) electrons. The third-order valence-electron chi connectivity index (χ3n) is 6.70. The minimum absolute atomic E-state index is 0.0707. The number of Topliss-reactive ketones (excluding diaryl/α,β-unsaturated/α-hetero) is 1. The first-order valence-corrected chi connectivity index (χ1v) is 13.6. The Morgan fingerprint density at radius 2 is 1.86 bits per heavy atom. The average Bonchev–Trinajstić information content (AvgIpc) is 3.36. The van der Waals surface area contributed by atoms with Crippen LogP contribution >= 0.6 is 11.3 Å². The number of hydrogen-bond donors (Lipinski definition) is 2. The fourth-order valence-corrected chi connectivity index (χ4v) is 5.61. The minimum atomic E-state index is -0.645. The van der Waals surface area contributed by atoms with E-state index in [-0.39, 0.29) is 23.5 Å². The fourth-order valence-electron chi connectivity index (χ4n) is 4.65. The molecule has 2 atom stereocenters. The molecule has 1 aliphatic rings. The van der Waals surface area contributed by atoms with Gasteiger partial charge in [0, 0.05) is 19.5 Å². The Hall–Kier alpha value is -3.10. The van der Waals surface area contributed by atoms with E-state index in [1.54, 1.807) is 4.90 Å². The number of ketones is 1. The molecule has 4 rings (SSSR count). The molecule has 0 unspecified atom stereocenters. The van der Waals surface area contributed by atoms with Crippen LogP contribution in [0.15, 0.2) is 54.6 Å². The van der Waals surface area contributed by atoms with Gasteiger partial charge in [-0.25, -0.2) is 4.98 Å². The zero-order valence-corrected chi connectivity index (χ0v) is 21.3.